The minimum Gasteiger partial charge on any atom is -0.370 e. The minimum absolute atomic E-state index is 0.0801. The molecule has 0 amide bonds. The average molecular weight is 234 g/mol. The summed E-state index contributed by atoms with van der Waals surface area (Å²) in [6.45, 7) is 0.415. The molecule has 16 heavy (non-hydrogen) atoms. The first-order valence-electron chi connectivity index (χ1n) is 4.48. The number of guanidine groups is 1. The summed E-state index contributed by atoms with van der Waals surface area (Å²) in [6.07, 6.45) is -4.50. The van der Waals surface area contributed by atoms with Crippen LogP contribution in [0, 0.1) is 5.41 Å². The van der Waals surface area contributed by atoms with Crippen molar-refractivity contribution in [1.82, 2.24) is 19.7 Å². The van der Waals surface area contributed by atoms with Crippen LogP contribution in [0.1, 0.15) is 11.6 Å². The van der Waals surface area contributed by atoms with Gasteiger partial charge in [0.1, 0.15) is 0 Å². The van der Waals surface area contributed by atoms with Crippen molar-refractivity contribution in [2.75, 3.05) is 6.54 Å². The maximum atomic E-state index is 12.5. The number of hydrogen-bond acceptors (Lipinski definition) is 3. The van der Waals surface area contributed by atoms with Gasteiger partial charge in [0.2, 0.25) is 5.82 Å². The number of halogens is 3. The number of hydrogen-bond donors (Lipinski definition) is 2. The number of nitrogens with one attached hydrogen (secondary N) is 1. The van der Waals surface area contributed by atoms with Gasteiger partial charge in [-0.2, -0.15) is 13.2 Å². The first-order valence-corrected chi connectivity index (χ1v) is 4.48. The fourth-order valence-electron chi connectivity index (χ4n) is 1.57. The van der Waals surface area contributed by atoms with Gasteiger partial charge in [-0.25, -0.2) is 0 Å². The minimum atomic E-state index is -4.50. The van der Waals surface area contributed by atoms with E-state index >= 15 is 0 Å². The summed E-state index contributed by atoms with van der Waals surface area (Å²) in [5.74, 6) is -0.998. The van der Waals surface area contributed by atoms with E-state index in [1.165, 1.54) is 4.90 Å². The van der Waals surface area contributed by atoms with Crippen LogP contribution < -0.4 is 5.73 Å². The maximum absolute atomic E-state index is 12.5. The monoisotopic (exact) mass is 234 g/mol. The van der Waals surface area contributed by atoms with Crippen LogP contribution in [0.15, 0.2) is 0 Å². The zero-order chi connectivity index (χ0) is 11.9. The molecule has 88 valence electrons. The van der Waals surface area contributed by atoms with Crippen molar-refractivity contribution < 1.29 is 13.2 Å². The number of nitrogens with two attached hydrogens (primary N) is 1. The molecule has 3 N–H and O–H groups in total. The molecule has 0 spiro atoms. The van der Waals surface area contributed by atoms with E-state index in [1.54, 1.807) is 0 Å². The van der Waals surface area contributed by atoms with Crippen LogP contribution in [-0.2, 0) is 19.3 Å². The van der Waals surface area contributed by atoms with Gasteiger partial charge in [0.15, 0.2) is 11.8 Å². The van der Waals surface area contributed by atoms with Crippen LogP contribution >= 0.6 is 0 Å². The molecule has 0 bridgehead atoms. The zero-order valence-electron chi connectivity index (χ0n) is 8.12. The van der Waals surface area contributed by atoms with Gasteiger partial charge in [-0.05, 0) is 0 Å². The number of aromatic nitrogens is 3. The molecule has 0 radical (unpaired) electrons. The lowest BCUT2D eigenvalue weighted by molar-refractivity contribution is -0.147. The summed E-state index contributed by atoms with van der Waals surface area (Å²) < 4.78 is 38.4. The Hall–Kier alpha value is -1.80. The lowest BCUT2D eigenvalue weighted by Crippen LogP contribution is -2.42. The Kier molecular flexibility index (Phi) is 2.25. The second-order valence-electron chi connectivity index (χ2n) is 3.40. The van der Waals surface area contributed by atoms with Crippen molar-refractivity contribution in [2.24, 2.45) is 5.73 Å². The number of alkyl halides is 3. The Morgan fingerprint density at radius 2 is 2.00 bits per heavy atom. The topological polar surface area (TPSA) is 83.8 Å². The average Bonchev–Trinajstić information content (AvgIpc) is 2.58. The van der Waals surface area contributed by atoms with Crippen molar-refractivity contribution in [3.63, 3.8) is 0 Å². The number of rotatable bonds is 0. The molecule has 2 rings (SSSR count). The maximum Gasteiger partial charge on any atom is 0.451 e. The third kappa shape index (κ3) is 1.68. The summed E-state index contributed by atoms with van der Waals surface area (Å²) in [5, 5.41) is 13.8. The Balaban J connectivity index is 2.31. The molecule has 0 atom stereocenters. The molecule has 0 unspecified atom stereocenters. The molecule has 1 aliphatic rings. The van der Waals surface area contributed by atoms with E-state index in [-0.39, 0.29) is 31.4 Å². The summed E-state index contributed by atoms with van der Waals surface area (Å²) in [7, 11) is 0. The van der Waals surface area contributed by atoms with Crippen LogP contribution in [0.3, 0.4) is 0 Å². The quantitative estimate of drug-likeness (QED) is 0.489. The van der Waals surface area contributed by atoms with Crippen molar-refractivity contribution in [3.05, 3.63) is 11.6 Å². The summed E-state index contributed by atoms with van der Waals surface area (Å²) in [5.41, 5.74) is 5.25. The van der Waals surface area contributed by atoms with Gasteiger partial charge in [-0.3, -0.25) is 5.41 Å². The molecule has 0 aliphatic carbocycles. The van der Waals surface area contributed by atoms with E-state index in [0.29, 0.717) is 0 Å². The molecule has 0 saturated carbocycles. The third-order valence-corrected chi connectivity index (χ3v) is 2.35. The van der Waals surface area contributed by atoms with E-state index in [0.717, 1.165) is 4.57 Å². The van der Waals surface area contributed by atoms with Gasteiger partial charge in [-0.15, -0.1) is 10.2 Å². The lowest BCUT2D eigenvalue weighted by atomic mass is 10.3. The highest BCUT2D eigenvalue weighted by molar-refractivity contribution is 5.74. The molecule has 1 aromatic heterocycles. The molecular formula is C7H9F3N6. The highest BCUT2D eigenvalue weighted by Crippen LogP contribution is 2.29. The summed E-state index contributed by atoms with van der Waals surface area (Å²) in [4.78, 5) is 1.43. The van der Waals surface area contributed by atoms with Crippen LogP contribution in [0.2, 0.25) is 0 Å². The van der Waals surface area contributed by atoms with Crippen molar-refractivity contribution in [2.45, 2.75) is 19.3 Å². The standard InChI is InChI=1S/C7H9F3N6/c8-7(9,10)5-14-13-4-3-15(6(11)12)1-2-16(4)5/h1-3H2,(H3,11,12). The van der Waals surface area contributed by atoms with E-state index in [4.69, 9.17) is 11.1 Å². The zero-order valence-corrected chi connectivity index (χ0v) is 8.12. The van der Waals surface area contributed by atoms with E-state index in [9.17, 15) is 13.2 Å². The van der Waals surface area contributed by atoms with Gasteiger partial charge in [0.05, 0.1) is 6.54 Å². The van der Waals surface area contributed by atoms with Crippen LogP contribution in [-0.4, -0.2) is 32.2 Å². The van der Waals surface area contributed by atoms with Gasteiger partial charge in [0, 0.05) is 13.1 Å². The van der Waals surface area contributed by atoms with Gasteiger partial charge in [-0.1, -0.05) is 0 Å². The molecule has 1 aromatic rings. The van der Waals surface area contributed by atoms with E-state index < -0.39 is 12.0 Å². The Morgan fingerprint density at radius 3 is 2.56 bits per heavy atom. The Morgan fingerprint density at radius 1 is 1.31 bits per heavy atom. The van der Waals surface area contributed by atoms with Gasteiger partial charge in [0.25, 0.3) is 0 Å². The predicted octanol–water partition coefficient (Wildman–Crippen LogP) is 0.00597. The first kappa shape index (κ1) is 10.7. The van der Waals surface area contributed by atoms with Crippen LogP contribution in [0.5, 0.6) is 0 Å². The van der Waals surface area contributed by atoms with Crippen molar-refractivity contribution in [3.8, 4) is 0 Å². The molecule has 9 heteroatoms. The lowest BCUT2D eigenvalue weighted by Gasteiger charge is -2.27. The molecular weight excluding hydrogens is 225 g/mol. The smallest absolute Gasteiger partial charge is 0.370 e. The van der Waals surface area contributed by atoms with Crippen LogP contribution in [0.4, 0.5) is 13.2 Å². The van der Waals surface area contributed by atoms with Gasteiger partial charge >= 0.3 is 6.18 Å². The van der Waals surface area contributed by atoms with Crippen molar-refractivity contribution >= 4 is 5.96 Å². The fourth-order valence-corrected chi connectivity index (χ4v) is 1.57. The van der Waals surface area contributed by atoms with Crippen LogP contribution in [0.25, 0.3) is 0 Å². The van der Waals surface area contributed by atoms with E-state index in [1.807, 2.05) is 0 Å². The SMILES string of the molecule is N=C(N)N1CCn2c(nnc2C(F)(F)F)C1. The van der Waals surface area contributed by atoms with Crippen molar-refractivity contribution in [1.29, 1.82) is 5.41 Å². The Labute approximate surface area is 88.4 Å². The summed E-state index contributed by atoms with van der Waals surface area (Å²) >= 11 is 0. The Bertz CT molecular complexity index is 422. The summed E-state index contributed by atoms with van der Waals surface area (Å²) in [6, 6.07) is 0. The van der Waals surface area contributed by atoms with Gasteiger partial charge < -0.3 is 15.2 Å². The molecule has 0 saturated heterocycles. The normalized spacial score (nSPS) is 16.1. The highest BCUT2D eigenvalue weighted by atomic mass is 19.4. The molecule has 0 aromatic carbocycles. The second-order valence-corrected chi connectivity index (χ2v) is 3.40. The molecule has 0 fully saturated rings. The highest BCUT2D eigenvalue weighted by Gasteiger charge is 2.39. The fraction of sp³-hybridized carbons (Fsp3) is 0.571. The largest absolute Gasteiger partial charge is 0.451 e. The molecule has 1 aliphatic heterocycles. The second kappa shape index (κ2) is 3.35. The molecule has 6 nitrogen and oxygen atoms in total. The third-order valence-electron chi connectivity index (χ3n) is 2.35. The van der Waals surface area contributed by atoms with E-state index in [2.05, 4.69) is 10.2 Å². The number of fused-ring (bicyclic) bond motifs is 1. The molecule has 2 heterocycles. The first-order chi connectivity index (χ1) is 7.39. The predicted molar refractivity (Wildman–Crippen MR) is 47.3 cm³/mol. The number of nitrogens with zero attached hydrogens (tertiary/aromatic N) is 4.